The van der Waals surface area contributed by atoms with Crippen molar-refractivity contribution in [3.05, 3.63) is 10.4 Å². The molecular formula is C26H46BrN5O5. The summed E-state index contributed by atoms with van der Waals surface area (Å²) in [4.78, 5) is 29.4. The Bertz CT molecular complexity index is 749. The van der Waals surface area contributed by atoms with E-state index in [1.54, 1.807) is 6.92 Å². The van der Waals surface area contributed by atoms with Crippen LogP contribution >= 0.6 is 15.9 Å². The molecule has 2 aliphatic rings. The normalized spacial score (nSPS) is 27.8. The number of azide groups is 1. The second-order valence-corrected chi connectivity index (χ2v) is 12.0. The fraction of sp³-hybridized carbons (Fsp3) is 0.923. The molecule has 4 unspecified atom stereocenters. The smallest absolute Gasteiger partial charge is 0.328 e. The van der Waals surface area contributed by atoms with Crippen LogP contribution in [-0.4, -0.2) is 64.1 Å². The van der Waals surface area contributed by atoms with Gasteiger partial charge < -0.3 is 14.6 Å². The van der Waals surface area contributed by atoms with E-state index in [1.807, 2.05) is 0 Å². The molecule has 37 heavy (non-hydrogen) atoms. The Morgan fingerprint density at radius 3 is 2.14 bits per heavy atom. The number of amides is 3. The van der Waals surface area contributed by atoms with Gasteiger partial charge in [0, 0.05) is 17.9 Å². The fourth-order valence-corrected chi connectivity index (χ4v) is 5.46. The Labute approximate surface area is 230 Å². The second-order valence-electron chi connectivity index (χ2n) is 10.4. The van der Waals surface area contributed by atoms with Gasteiger partial charge in [-0.25, -0.2) is 4.79 Å². The van der Waals surface area contributed by atoms with Crippen LogP contribution in [0.1, 0.15) is 110 Å². The number of urea groups is 1. The highest BCUT2D eigenvalue weighted by atomic mass is 79.9. The van der Waals surface area contributed by atoms with E-state index in [0.29, 0.717) is 6.61 Å². The minimum atomic E-state index is -1.18. The number of aliphatic hydroxyl groups is 1. The first-order chi connectivity index (χ1) is 17.9. The number of alkyl halides is 1. The molecule has 5 atom stereocenters. The van der Waals surface area contributed by atoms with Crippen LogP contribution in [0.15, 0.2) is 5.11 Å². The maximum Gasteiger partial charge on any atom is 0.328 e. The van der Waals surface area contributed by atoms with E-state index in [2.05, 4.69) is 38.2 Å². The van der Waals surface area contributed by atoms with Crippen LogP contribution in [0.25, 0.3) is 10.4 Å². The molecule has 2 rings (SSSR count). The van der Waals surface area contributed by atoms with Gasteiger partial charge in [0.05, 0.1) is 18.8 Å². The average Bonchev–Trinajstić information content (AvgIpc) is 3.27. The minimum absolute atomic E-state index is 0.207. The summed E-state index contributed by atoms with van der Waals surface area (Å²) in [6.07, 6.45) is 15.4. The summed E-state index contributed by atoms with van der Waals surface area (Å²) in [6.45, 7) is 3.96. The van der Waals surface area contributed by atoms with Gasteiger partial charge in [0.15, 0.2) is 6.23 Å². The van der Waals surface area contributed by atoms with Gasteiger partial charge in [-0.15, -0.1) is 0 Å². The van der Waals surface area contributed by atoms with E-state index in [1.165, 1.54) is 75.5 Å². The zero-order chi connectivity index (χ0) is 27.1. The molecule has 2 N–H and O–H groups in total. The van der Waals surface area contributed by atoms with Gasteiger partial charge in [0.25, 0.3) is 0 Å². The third-order valence-corrected chi connectivity index (χ3v) is 8.04. The Morgan fingerprint density at radius 2 is 1.62 bits per heavy atom. The maximum absolute atomic E-state index is 12.8. The lowest BCUT2D eigenvalue weighted by Crippen LogP contribution is -2.69. The van der Waals surface area contributed by atoms with E-state index in [-0.39, 0.29) is 13.0 Å². The van der Waals surface area contributed by atoms with Gasteiger partial charge in [-0.2, -0.15) is 0 Å². The lowest BCUT2D eigenvalue weighted by Gasteiger charge is -2.45. The molecule has 212 valence electrons. The molecule has 0 aromatic carbocycles. The van der Waals surface area contributed by atoms with Gasteiger partial charge >= 0.3 is 6.03 Å². The van der Waals surface area contributed by atoms with Gasteiger partial charge in [-0.05, 0) is 18.9 Å². The molecule has 0 aromatic rings. The summed E-state index contributed by atoms with van der Waals surface area (Å²) >= 11 is 3.44. The number of nitrogens with one attached hydrogen (secondary N) is 1. The van der Waals surface area contributed by atoms with Crippen molar-refractivity contribution >= 4 is 27.9 Å². The van der Waals surface area contributed by atoms with E-state index in [0.717, 1.165) is 19.3 Å². The number of halogens is 1. The summed E-state index contributed by atoms with van der Waals surface area (Å²) in [5.74, 6) is -0.483. The van der Waals surface area contributed by atoms with E-state index in [4.69, 9.17) is 15.0 Å². The number of hydrogen-bond acceptors (Lipinski definition) is 6. The topological polar surface area (TPSA) is 137 Å². The summed E-state index contributed by atoms with van der Waals surface area (Å²) < 4.78 is 10.7. The molecule has 0 aliphatic carbocycles. The number of nitrogens with zero attached hydrogens (tertiary/aromatic N) is 4. The molecule has 0 radical (unpaired) electrons. The van der Waals surface area contributed by atoms with Crippen LogP contribution in [0.2, 0.25) is 0 Å². The van der Waals surface area contributed by atoms with E-state index in [9.17, 15) is 14.7 Å². The highest BCUT2D eigenvalue weighted by molar-refractivity contribution is 9.10. The molecular weight excluding hydrogens is 542 g/mol. The number of ether oxygens (including phenoxy) is 2. The quantitative estimate of drug-likeness (QED) is 0.0600. The molecule has 2 aliphatic heterocycles. The SMILES string of the molecule is CCCCCCCCCCCCCCCCOC1N(C2CC(N=[N+]=[N-])C(CO)O2)C(=O)NC(=O)[C@]1(C)Br. The van der Waals surface area contributed by atoms with E-state index >= 15 is 0 Å². The van der Waals surface area contributed by atoms with Crippen molar-refractivity contribution in [1.82, 2.24) is 10.2 Å². The number of carbonyl (C=O) groups excluding carboxylic acids is 2. The Morgan fingerprint density at radius 1 is 1.08 bits per heavy atom. The number of hydrogen-bond donors (Lipinski definition) is 2. The largest absolute Gasteiger partial charge is 0.394 e. The standard InChI is InChI=1S/C26H46BrN5O5/c1-3-4-5-6-7-8-9-10-11-12-13-14-15-16-17-36-24-26(2,27)23(34)29-25(35)32(24)22-18-20(30-31-28)21(19-33)37-22/h20-22,24,33H,3-19H2,1-2H3,(H,29,34,35)/t20?,21?,22?,24?,26-/m0/s1. The predicted molar refractivity (Wildman–Crippen MR) is 146 cm³/mol. The van der Waals surface area contributed by atoms with Crippen LogP contribution in [0.4, 0.5) is 4.79 Å². The number of rotatable bonds is 19. The summed E-state index contributed by atoms with van der Waals surface area (Å²) in [7, 11) is 0. The molecule has 3 amide bonds. The number of carbonyl (C=O) groups is 2. The molecule has 0 bridgehead atoms. The zero-order valence-electron chi connectivity index (χ0n) is 22.6. The summed E-state index contributed by atoms with van der Waals surface area (Å²) in [5, 5.41) is 15.6. The summed E-state index contributed by atoms with van der Waals surface area (Å²) in [6, 6.07) is -1.24. The molecule has 10 nitrogen and oxygen atoms in total. The third kappa shape index (κ3) is 10.0. The van der Waals surface area contributed by atoms with Gasteiger partial charge in [0.2, 0.25) is 5.91 Å². The van der Waals surface area contributed by atoms with Crippen molar-refractivity contribution in [2.75, 3.05) is 13.2 Å². The first-order valence-electron chi connectivity index (χ1n) is 14.1. The molecule has 2 saturated heterocycles. The Balaban J connectivity index is 1.71. The molecule has 0 spiro atoms. The van der Waals surface area contributed by atoms with Gasteiger partial charge in [-0.1, -0.05) is 111 Å². The van der Waals surface area contributed by atoms with Gasteiger partial charge in [-0.3, -0.25) is 15.0 Å². The molecule has 0 saturated carbocycles. The van der Waals surface area contributed by atoms with Crippen molar-refractivity contribution in [2.45, 2.75) is 139 Å². The molecule has 0 aromatic heterocycles. The van der Waals surface area contributed by atoms with Crippen molar-refractivity contribution in [2.24, 2.45) is 5.11 Å². The molecule has 11 heteroatoms. The fourth-order valence-electron chi connectivity index (χ4n) is 5.01. The predicted octanol–water partition coefficient (Wildman–Crippen LogP) is 6.30. The van der Waals surface area contributed by atoms with Crippen LogP contribution in [0.5, 0.6) is 0 Å². The van der Waals surface area contributed by atoms with Crippen LogP contribution in [0.3, 0.4) is 0 Å². The van der Waals surface area contributed by atoms with Crippen LogP contribution in [0, 0.1) is 0 Å². The highest BCUT2D eigenvalue weighted by Gasteiger charge is 2.54. The molecule has 2 heterocycles. The number of unbranched alkanes of at least 4 members (excludes halogenated alkanes) is 13. The number of imide groups is 1. The monoisotopic (exact) mass is 587 g/mol. The second kappa shape index (κ2) is 17.2. The zero-order valence-corrected chi connectivity index (χ0v) is 24.2. The number of aliphatic hydroxyl groups excluding tert-OH is 1. The van der Waals surface area contributed by atoms with Crippen LogP contribution in [-0.2, 0) is 14.3 Å². The Hall–Kier alpha value is -1.39. The van der Waals surface area contributed by atoms with E-state index < -0.39 is 40.9 Å². The third-order valence-electron chi connectivity index (χ3n) is 7.28. The van der Waals surface area contributed by atoms with Crippen molar-refractivity contribution < 1.29 is 24.2 Å². The first kappa shape index (κ1) is 31.8. The van der Waals surface area contributed by atoms with Crippen molar-refractivity contribution in [3.63, 3.8) is 0 Å². The van der Waals surface area contributed by atoms with Crippen LogP contribution < -0.4 is 5.32 Å². The molecule has 2 fully saturated rings. The maximum atomic E-state index is 12.8. The average molecular weight is 589 g/mol. The lowest BCUT2D eigenvalue weighted by atomic mass is 10.0. The summed E-state index contributed by atoms with van der Waals surface area (Å²) in [5.41, 5.74) is 8.81. The van der Waals surface area contributed by atoms with Crippen molar-refractivity contribution in [3.8, 4) is 0 Å². The van der Waals surface area contributed by atoms with Gasteiger partial charge in [0.1, 0.15) is 10.6 Å². The minimum Gasteiger partial charge on any atom is -0.394 e. The highest BCUT2D eigenvalue weighted by Crippen LogP contribution is 2.36. The lowest BCUT2D eigenvalue weighted by molar-refractivity contribution is -0.159. The first-order valence-corrected chi connectivity index (χ1v) is 14.9. The van der Waals surface area contributed by atoms with Crippen molar-refractivity contribution in [1.29, 1.82) is 0 Å². The Kier molecular flexibility index (Phi) is 14.8.